The Hall–Kier alpha value is -2.46. The monoisotopic (exact) mass is 404 g/mol. The molecule has 3 heterocycles. The number of aromatic nitrogens is 3. The molecule has 5 nitrogen and oxygen atoms in total. The van der Waals surface area contributed by atoms with E-state index < -0.39 is 30.2 Å². The first-order valence-corrected chi connectivity index (χ1v) is 8.05. The number of benzene rings is 1. The molecule has 1 aromatic carbocycles. The van der Waals surface area contributed by atoms with Crippen molar-refractivity contribution in [3.63, 3.8) is 0 Å². The van der Waals surface area contributed by atoms with Crippen LogP contribution in [0.1, 0.15) is 23.4 Å². The molecule has 1 unspecified atom stereocenters. The Morgan fingerprint density at radius 2 is 2.04 bits per heavy atom. The highest BCUT2D eigenvalue weighted by molar-refractivity contribution is 6.34. The molecular formula is C16H10ClF5N4O. The van der Waals surface area contributed by atoms with Gasteiger partial charge in [0.25, 0.3) is 12.2 Å². The molecule has 1 atom stereocenters. The molecule has 2 aromatic heterocycles. The molecule has 0 radical (unpaired) electrons. The summed E-state index contributed by atoms with van der Waals surface area (Å²) in [7, 11) is 0. The first-order valence-electron chi connectivity index (χ1n) is 7.67. The van der Waals surface area contributed by atoms with Crippen LogP contribution in [0.3, 0.4) is 0 Å². The van der Waals surface area contributed by atoms with E-state index in [0.717, 1.165) is 16.8 Å². The molecule has 0 saturated heterocycles. The van der Waals surface area contributed by atoms with Crippen molar-refractivity contribution < 1.29 is 27.1 Å². The first kappa shape index (κ1) is 17.9. The fraction of sp³-hybridized carbons (Fsp3) is 0.250. The lowest BCUT2D eigenvalue weighted by Crippen LogP contribution is -2.12. The lowest BCUT2D eigenvalue weighted by atomic mass is 9.98. The van der Waals surface area contributed by atoms with E-state index in [-0.39, 0.29) is 28.2 Å². The molecule has 0 aliphatic carbocycles. The van der Waals surface area contributed by atoms with Crippen LogP contribution in [0.15, 0.2) is 24.4 Å². The normalized spacial score (nSPS) is 16.8. The fourth-order valence-corrected chi connectivity index (χ4v) is 3.41. The fourth-order valence-electron chi connectivity index (χ4n) is 3.12. The maximum Gasteiger partial charge on any atom is 0.453 e. The van der Waals surface area contributed by atoms with Gasteiger partial charge in [0, 0.05) is 23.7 Å². The smallest absolute Gasteiger partial charge is 0.373 e. The zero-order valence-electron chi connectivity index (χ0n) is 13.2. The van der Waals surface area contributed by atoms with E-state index in [1.165, 1.54) is 12.1 Å². The second-order valence-electron chi connectivity index (χ2n) is 6.00. The van der Waals surface area contributed by atoms with E-state index in [2.05, 4.69) is 15.4 Å². The minimum atomic E-state index is -4.82. The Morgan fingerprint density at radius 1 is 1.30 bits per heavy atom. The van der Waals surface area contributed by atoms with E-state index >= 15 is 0 Å². The summed E-state index contributed by atoms with van der Waals surface area (Å²) < 4.78 is 66.8. The van der Waals surface area contributed by atoms with Crippen LogP contribution in [0.5, 0.6) is 0 Å². The van der Waals surface area contributed by atoms with Crippen LogP contribution in [0, 0.1) is 0 Å². The Morgan fingerprint density at radius 3 is 2.70 bits per heavy atom. The molecule has 3 aromatic rings. The van der Waals surface area contributed by atoms with Gasteiger partial charge in [-0.05, 0) is 29.3 Å². The predicted molar refractivity (Wildman–Crippen MR) is 86.7 cm³/mol. The number of pyridine rings is 1. The van der Waals surface area contributed by atoms with Gasteiger partial charge in [-0.1, -0.05) is 11.6 Å². The average molecular weight is 405 g/mol. The minimum absolute atomic E-state index is 0.150. The third-order valence-electron chi connectivity index (χ3n) is 4.21. The van der Waals surface area contributed by atoms with E-state index in [1.54, 1.807) is 0 Å². The molecule has 0 amide bonds. The van der Waals surface area contributed by atoms with Gasteiger partial charge < -0.3 is 10.4 Å². The van der Waals surface area contributed by atoms with Gasteiger partial charge in [-0.25, -0.2) is 18.3 Å². The highest BCUT2D eigenvalue weighted by atomic mass is 35.5. The van der Waals surface area contributed by atoms with Crippen LogP contribution < -0.4 is 5.32 Å². The summed E-state index contributed by atoms with van der Waals surface area (Å²) in [5.74, 6) is -1.43. The molecular weight excluding hydrogens is 395 g/mol. The Labute approximate surface area is 153 Å². The standard InChI is InChI=1S/C16H10ClF5N4O/c17-9-4-6(3-7-5-10(27)23-12(7)9)11-8(13(18)19)1-2-26-14(11)24-15(25-26)16(20,21)22/h1-4,10,13,23,27H,5H2. The van der Waals surface area contributed by atoms with Crippen LogP contribution in [-0.4, -0.2) is 25.9 Å². The van der Waals surface area contributed by atoms with Crippen LogP contribution in [0.25, 0.3) is 16.8 Å². The number of aliphatic hydroxyl groups is 1. The number of anilines is 1. The van der Waals surface area contributed by atoms with E-state index in [1.807, 2.05) is 0 Å². The largest absolute Gasteiger partial charge is 0.453 e. The number of rotatable bonds is 2. The number of fused-ring (bicyclic) bond motifs is 2. The zero-order valence-corrected chi connectivity index (χ0v) is 14.0. The van der Waals surface area contributed by atoms with Crippen molar-refractivity contribution in [2.45, 2.75) is 25.3 Å². The van der Waals surface area contributed by atoms with Crippen molar-refractivity contribution in [3.05, 3.63) is 46.4 Å². The van der Waals surface area contributed by atoms with E-state index in [4.69, 9.17) is 11.6 Å². The molecule has 1 aliphatic rings. The SMILES string of the molecule is OC1Cc2cc(-c3c(C(F)F)ccn4nc(C(F)(F)F)nc34)cc(Cl)c2N1. The van der Waals surface area contributed by atoms with Gasteiger partial charge in [0.15, 0.2) is 5.65 Å². The maximum absolute atomic E-state index is 13.6. The highest BCUT2D eigenvalue weighted by Crippen LogP contribution is 2.41. The Bertz CT molecular complexity index is 1050. The quantitative estimate of drug-likeness (QED) is 0.625. The van der Waals surface area contributed by atoms with Gasteiger partial charge in [-0.2, -0.15) is 13.2 Å². The summed E-state index contributed by atoms with van der Waals surface area (Å²) >= 11 is 6.17. The average Bonchev–Trinajstić information content (AvgIpc) is 3.16. The van der Waals surface area contributed by atoms with Crippen molar-refractivity contribution in [1.29, 1.82) is 0 Å². The van der Waals surface area contributed by atoms with Crippen molar-refractivity contribution in [2.24, 2.45) is 0 Å². The highest BCUT2D eigenvalue weighted by Gasteiger charge is 2.37. The number of hydrogen-bond acceptors (Lipinski definition) is 4. The van der Waals surface area contributed by atoms with Crippen LogP contribution >= 0.6 is 11.6 Å². The summed E-state index contributed by atoms with van der Waals surface area (Å²) in [5.41, 5.74) is 0.130. The summed E-state index contributed by atoms with van der Waals surface area (Å²) in [5, 5.41) is 15.9. The number of aliphatic hydroxyl groups excluding tert-OH is 1. The molecule has 0 fully saturated rings. The topological polar surface area (TPSA) is 62.5 Å². The van der Waals surface area contributed by atoms with Gasteiger partial charge in [-0.15, -0.1) is 5.10 Å². The van der Waals surface area contributed by atoms with E-state index in [0.29, 0.717) is 11.3 Å². The number of nitrogens with one attached hydrogen (secondary N) is 1. The molecule has 142 valence electrons. The van der Waals surface area contributed by atoms with Gasteiger partial charge in [0.2, 0.25) is 0 Å². The molecule has 4 rings (SSSR count). The third-order valence-corrected chi connectivity index (χ3v) is 4.51. The van der Waals surface area contributed by atoms with Crippen LogP contribution in [0.2, 0.25) is 5.02 Å². The minimum Gasteiger partial charge on any atom is -0.373 e. The molecule has 27 heavy (non-hydrogen) atoms. The molecule has 0 saturated carbocycles. The molecule has 0 bridgehead atoms. The second kappa shape index (κ2) is 6.03. The van der Waals surface area contributed by atoms with Crippen LogP contribution in [0.4, 0.5) is 27.6 Å². The molecule has 2 N–H and O–H groups in total. The number of alkyl halides is 5. The van der Waals surface area contributed by atoms with Gasteiger partial charge >= 0.3 is 6.18 Å². The predicted octanol–water partition coefficient (Wildman–Crippen LogP) is 4.29. The van der Waals surface area contributed by atoms with Crippen molar-refractivity contribution in [1.82, 2.24) is 14.6 Å². The lowest BCUT2D eigenvalue weighted by molar-refractivity contribution is -0.144. The number of halogens is 6. The summed E-state index contributed by atoms with van der Waals surface area (Å²) in [6.07, 6.45) is -7.48. The summed E-state index contributed by atoms with van der Waals surface area (Å²) in [4.78, 5) is 3.43. The summed E-state index contributed by atoms with van der Waals surface area (Å²) in [6.45, 7) is 0. The molecule has 0 spiro atoms. The van der Waals surface area contributed by atoms with Gasteiger partial charge in [-0.3, -0.25) is 0 Å². The number of nitrogens with zero attached hydrogens (tertiary/aromatic N) is 3. The van der Waals surface area contributed by atoms with Crippen molar-refractivity contribution in [3.8, 4) is 11.1 Å². The first-order chi connectivity index (χ1) is 12.6. The van der Waals surface area contributed by atoms with Crippen molar-refractivity contribution >= 4 is 22.9 Å². The van der Waals surface area contributed by atoms with Gasteiger partial charge in [0.1, 0.15) is 6.23 Å². The maximum atomic E-state index is 13.6. The van der Waals surface area contributed by atoms with Crippen LogP contribution in [-0.2, 0) is 12.6 Å². The lowest BCUT2D eigenvalue weighted by Gasteiger charge is -2.12. The Kier molecular flexibility index (Phi) is 4.00. The third kappa shape index (κ3) is 2.98. The van der Waals surface area contributed by atoms with Gasteiger partial charge in [0.05, 0.1) is 10.7 Å². The Balaban J connectivity index is 2.00. The summed E-state index contributed by atoms with van der Waals surface area (Å²) in [6, 6.07) is 3.83. The molecule has 1 aliphatic heterocycles. The second-order valence-corrected chi connectivity index (χ2v) is 6.41. The van der Waals surface area contributed by atoms with E-state index in [9.17, 15) is 27.1 Å². The molecule has 11 heteroatoms. The van der Waals surface area contributed by atoms with Crippen molar-refractivity contribution in [2.75, 3.05) is 5.32 Å². The zero-order chi connectivity index (χ0) is 19.5. The number of hydrogen-bond donors (Lipinski definition) is 2.